The van der Waals surface area contributed by atoms with Crippen LogP contribution in [0.1, 0.15) is 32.6 Å². The number of nitrogens with two attached hydrogens (primary N) is 1. The summed E-state index contributed by atoms with van der Waals surface area (Å²) in [5.41, 5.74) is 5.09. The lowest BCUT2D eigenvalue weighted by molar-refractivity contribution is -0.135. The molecule has 3 N–H and O–H groups in total. The van der Waals surface area contributed by atoms with Gasteiger partial charge in [-0.15, -0.1) is 0 Å². The highest BCUT2D eigenvalue weighted by atomic mass is 16.2. The fourth-order valence-electron chi connectivity index (χ4n) is 2.00. The minimum Gasteiger partial charge on any atom is -0.368 e. The Kier molecular flexibility index (Phi) is 5.25. The van der Waals surface area contributed by atoms with Gasteiger partial charge >= 0.3 is 0 Å². The highest BCUT2D eigenvalue weighted by molar-refractivity contribution is 5.84. The van der Waals surface area contributed by atoms with Gasteiger partial charge in [-0.05, 0) is 26.3 Å². The monoisotopic (exact) mass is 227 g/mol. The van der Waals surface area contributed by atoms with E-state index in [0.29, 0.717) is 13.0 Å². The summed E-state index contributed by atoms with van der Waals surface area (Å²) in [6.07, 6.45) is 3.87. The predicted octanol–water partition coefficient (Wildman–Crippen LogP) is -0.148. The van der Waals surface area contributed by atoms with Gasteiger partial charge in [0.15, 0.2) is 0 Å². The number of hydrogen-bond donors (Lipinski definition) is 2. The second-order valence-electron chi connectivity index (χ2n) is 4.23. The maximum Gasteiger partial charge on any atom is 0.237 e. The van der Waals surface area contributed by atoms with E-state index in [2.05, 4.69) is 5.32 Å². The normalized spacial score (nSPS) is 20.4. The molecule has 1 fully saturated rings. The summed E-state index contributed by atoms with van der Waals surface area (Å²) in [5.74, 6) is -0.437. The van der Waals surface area contributed by atoms with E-state index in [1.165, 1.54) is 17.7 Å². The number of amides is 2. The Morgan fingerprint density at radius 1 is 1.44 bits per heavy atom. The molecule has 0 saturated carbocycles. The number of nitrogens with zero attached hydrogens (tertiary/aromatic N) is 1. The van der Waals surface area contributed by atoms with E-state index in [1.54, 1.807) is 0 Å². The van der Waals surface area contributed by atoms with E-state index in [9.17, 15) is 9.59 Å². The zero-order chi connectivity index (χ0) is 12.0. The Morgan fingerprint density at radius 3 is 2.69 bits per heavy atom. The number of carbonyl (C=O) groups is 2. The van der Waals surface area contributed by atoms with Crippen LogP contribution in [-0.4, -0.2) is 42.4 Å². The fourth-order valence-corrected chi connectivity index (χ4v) is 2.00. The van der Waals surface area contributed by atoms with Crippen molar-refractivity contribution in [3.8, 4) is 0 Å². The first-order valence-electron chi connectivity index (χ1n) is 5.93. The third-order valence-corrected chi connectivity index (χ3v) is 2.91. The quantitative estimate of drug-likeness (QED) is 0.686. The van der Waals surface area contributed by atoms with E-state index in [0.717, 1.165) is 13.0 Å². The summed E-state index contributed by atoms with van der Waals surface area (Å²) in [7, 11) is 0. The van der Waals surface area contributed by atoms with Crippen molar-refractivity contribution in [3.63, 3.8) is 0 Å². The summed E-state index contributed by atoms with van der Waals surface area (Å²) in [6, 6.07) is 0.267. The molecule has 0 aliphatic carbocycles. The van der Waals surface area contributed by atoms with Crippen molar-refractivity contribution in [1.82, 2.24) is 10.2 Å². The highest BCUT2D eigenvalue weighted by Gasteiger charge is 2.20. The van der Waals surface area contributed by atoms with Gasteiger partial charge < -0.3 is 16.0 Å². The molecule has 0 aromatic carbocycles. The highest BCUT2D eigenvalue weighted by Crippen LogP contribution is 2.11. The molecule has 16 heavy (non-hydrogen) atoms. The molecule has 1 saturated heterocycles. The van der Waals surface area contributed by atoms with Gasteiger partial charge in [0.25, 0.3) is 0 Å². The van der Waals surface area contributed by atoms with Crippen molar-refractivity contribution in [2.45, 2.75) is 38.6 Å². The number of nitrogens with one attached hydrogen (secondary N) is 1. The standard InChI is InChI=1S/C11H21N3O2/c1-2-14(8-10(12)15)11(16)7-9-5-3-4-6-13-9/h9,13H,2-8H2,1H3,(H2,12,15). The number of rotatable bonds is 5. The molecule has 92 valence electrons. The lowest BCUT2D eigenvalue weighted by Crippen LogP contribution is -2.43. The number of hydrogen-bond acceptors (Lipinski definition) is 3. The molecule has 1 atom stereocenters. The summed E-state index contributed by atoms with van der Waals surface area (Å²) in [4.78, 5) is 24.1. The molecule has 1 heterocycles. The summed E-state index contributed by atoms with van der Waals surface area (Å²) < 4.78 is 0. The van der Waals surface area contributed by atoms with E-state index in [1.807, 2.05) is 6.92 Å². The van der Waals surface area contributed by atoms with E-state index < -0.39 is 5.91 Å². The fraction of sp³-hybridized carbons (Fsp3) is 0.818. The van der Waals surface area contributed by atoms with E-state index >= 15 is 0 Å². The maximum absolute atomic E-state index is 11.9. The van der Waals surface area contributed by atoms with Crippen molar-refractivity contribution in [2.75, 3.05) is 19.6 Å². The van der Waals surface area contributed by atoms with Crippen molar-refractivity contribution < 1.29 is 9.59 Å². The van der Waals surface area contributed by atoms with E-state index in [-0.39, 0.29) is 18.5 Å². The van der Waals surface area contributed by atoms with Crippen LogP contribution in [-0.2, 0) is 9.59 Å². The van der Waals surface area contributed by atoms with Gasteiger partial charge in [-0.2, -0.15) is 0 Å². The van der Waals surface area contributed by atoms with Crippen molar-refractivity contribution in [3.05, 3.63) is 0 Å². The first-order chi connectivity index (χ1) is 7.63. The number of likely N-dealkylation sites (N-methyl/N-ethyl adjacent to an activating group) is 1. The molecule has 5 heteroatoms. The maximum atomic E-state index is 11.9. The lowest BCUT2D eigenvalue weighted by atomic mass is 10.0. The van der Waals surface area contributed by atoms with Crippen LogP contribution in [0.3, 0.4) is 0 Å². The largest absolute Gasteiger partial charge is 0.368 e. The van der Waals surface area contributed by atoms with Crippen molar-refractivity contribution in [2.24, 2.45) is 5.73 Å². The van der Waals surface area contributed by atoms with Crippen LogP contribution >= 0.6 is 0 Å². The molecule has 0 aromatic heterocycles. The number of primary amides is 1. The topological polar surface area (TPSA) is 75.4 Å². The Bertz CT molecular complexity index is 250. The molecule has 1 aliphatic rings. The molecule has 1 unspecified atom stereocenters. The van der Waals surface area contributed by atoms with Gasteiger partial charge in [-0.3, -0.25) is 9.59 Å². The molecule has 5 nitrogen and oxygen atoms in total. The Balaban J connectivity index is 2.38. The first-order valence-corrected chi connectivity index (χ1v) is 5.93. The molecule has 0 aromatic rings. The van der Waals surface area contributed by atoms with Gasteiger partial charge in [-0.1, -0.05) is 6.42 Å². The molecule has 2 amide bonds. The summed E-state index contributed by atoms with van der Waals surface area (Å²) in [6.45, 7) is 3.41. The van der Waals surface area contributed by atoms with Crippen LogP contribution in [0.4, 0.5) is 0 Å². The van der Waals surface area contributed by atoms with Crippen LogP contribution in [0.15, 0.2) is 0 Å². The van der Waals surface area contributed by atoms with Crippen LogP contribution in [0.25, 0.3) is 0 Å². The van der Waals surface area contributed by atoms with Crippen LogP contribution in [0, 0.1) is 0 Å². The van der Waals surface area contributed by atoms with Crippen molar-refractivity contribution in [1.29, 1.82) is 0 Å². The molecule has 0 spiro atoms. The Morgan fingerprint density at radius 2 is 2.19 bits per heavy atom. The molecular weight excluding hydrogens is 206 g/mol. The molecule has 1 aliphatic heterocycles. The van der Waals surface area contributed by atoms with Gasteiger partial charge in [0, 0.05) is 19.0 Å². The SMILES string of the molecule is CCN(CC(N)=O)C(=O)CC1CCCCN1. The third kappa shape index (κ3) is 4.18. The molecule has 0 bridgehead atoms. The number of piperidine rings is 1. The average Bonchev–Trinajstić information content (AvgIpc) is 2.26. The van der Waals surface area contributed by atoms with Gasteiger partial charge in [0.2, 0.25) is 11.8 Å². The van der Waals surface area contributed by atoms with Crippen molar-refractivity contribution >= 4 is 11.8 Å². The average molecular weight is 227 g/mol. The summed E-state index contributed by atoms with van der Waals surface area (Å²) in [5, 5.41) is 3.32. The first kappa shape index (κ1) is 13.0. The summed E-state index contributed by atoms with van der Waals surface area (Å²) >= 11 is 0. The van der Waals surface area contributed by atoms with Gasteiger partial charge in [0.05, 0.1) is 6.54 Å². The second-order valence-corrected chi connectivity index (χ2v) is 4.23. The predicted molar refractivity (Wildman–Crippen MR) is 61.7 cm³/mol. The smallest absolute Gasteiger partial charge is 0.237 e. The van der Waals surface area contributed by atoms with Gasteiger partial charge in [-0.25, -0.2) is 0 Å². The second kappa shape index (κ2) is 6.48. The molecular formula is C11H21N3O2. The van der Waals surface area contributed by atoms with Crippen LogP contribution in [0.5, 0.6) is 0 Å². The van der Waals surface area contributed by atoms with Gasteiger partial charge in [0.1, 0.15) is 0 Å². The zero-order valence-corrected chi connectivity index (χ0v) is 9.87. The van der Waals surface area contributed by atoms with Crippen LogP contribution in [0.2, 0.25) is 0 Å². The Labute approximate surface area is 96.4 Å². The number of carbonyl (C=O) groups excluding carboxylic acids is 2. The zero-order valence-electron chi connectivity index (χ0n) is 9.87. The van der Waals surface area contributed by atoms with Crippen LogP contribution < -0.4 is 11.1 Å². The van der Waals surface area contributed by atoms with E-state index in [4.69, 9.17) is 5.73 Å². The lowest BCUT2D eigenvalue weighted by Gasteiger charge is -2.26. The minimum absolute atomic E-state index is 0.0145. The minimum atomic E-state index is -0.452. The molecule has 1 rings (SSSR count). The third-order valence-electron chi connectivity index (χ3n) is 2.91. The molecule has 0 radical (unpaired) electrons. The Hall–Kier alpha value is -1.10.